The highest BCUT2D eigenvalue weighted by molar-refractivity contribution is 7.07. The first-order chi connectivity index (χ1) is 17.2. The van der Waals surface area contributed by atoms with Gasteiger partial charge in [-0.15, -0.1) is 0 Å². The van der Waals surface area contributed by atoms with Crippen LogP contribution in [0, 0.1) is 5.92 Å². The maximum absolute atomic E-state index is 13.0. The summed E-state index contributed by atoms with van der Waals surface area (Å²) in [6.45, 7) is -0.202. The van der Waals surface area contributed by atoms with Crippen LogP contribution < -0.4 is 26.8 Å². The summed E-state index contributed by atoms with van der Waals surface area (Å²) < 4.78 is 4.92. The normalized spacial score (nSPS) is 20.2. The molecule has 2 aromatic rings. The van der Waals surface area contributed by atoms with E-state index in [9.17, 15) is 28.8 Å². The van der Waals surface area contributed by atoms with E-state index in [1.54, 1.807) is 0 Å². The number of anilines is 1. The molecular weight excluding hydrogens is 490 g/mol. The SMILES string of the molecule is CNC(=O)C(=O)CC[C@H](NC(=O)c1ncns1)C(=O)Nc1cccn(CC(=O)NC23CC(C2)C3)c1=O. The predicted molar refractivity (Wildman–Crippen MR) is 127 cm³/mol. The van der Waals surface area contributed by atoms with Crippen LogP contribution in [0.5, 0.6) is 0 Å². The average Bonchev–Trinajstić information content (AvgIpc) is 3.35. The molecule has 0 spiro atoms. The van der Waals surface area contributed by atoms with Gasteiger partial charge in [0.1, 0.15) is 24.6 Å². The van der Waals surface area contributed by atoms with Gasteiger partial charge >= 0.3 is 0 Å². The van der Waals surface area contributed by atoms with Crippen LogP contribution >= 0.6 is 11.5 Å². The van der Waals surface area contributed by atoms with E-state index in [1.807, 2.05) is 0 Å². The van der Waals surface area contributed by atoms with Crippen LogP contribution in [0.15, 0.2) is 29.5 Å². The highest BCUT2D eigenvalue weighted by atomic mass is 32.1. The molecule has 3 aliphatic carbocycles. The minimum Gasteiger partial charge on any atom is -0.353 e. The molecule has 2 bridgehead atoms. The standard InChI is InChI=1S/C22H25N7O6S/c1-23-18(33)15(30)5-4-13(26-19(34)20-24-11-25-36-20)17(32)27-14-3-2-6-29(21(14)35)10-16(31)28-22-7-12(8-22)9-22/h2-3,6,11-13H,4-5,7-10H2,1H3,(H,23,33)(H,26,34)(H,27,32)(H,28,31)/t12?,13-,22?/m0/s1. The van der Waals surface area contributed by atoms with Gasteiger partial charge in [-0.1, -0.05) is 0 Å². The Morgan fingerprint density at radius 3 is 2.58 bits per heavy atom. The lowest BCUT2D eigenvalue weighted by Gasteiger charge is -2.61. The summed E-state index contributed by atoms with van der Waals surface area (Å²) >= 11 is 0.817. The van der Waals surface area contributed by atoms with Gasteiger partial charge in [0.05, 0.1) is 0 Å². The van der Waals surface area contributed by atoms with Crippen LogP contribution in [0.4, 0.5) is 5.69 Å². The third-order valence-corrected chi connectivity index (χ3v) is 7.02. The molecule has 4 amide bonds. The largest absolute Gasteiger partial charge is 0.353 e. The number of likely N-dealkylation sites (N-methyl/N-ethyl adjacent to an activating group) is 1. The fourth-order valence-corrected chi connectivity index (χ4v) is 4.82. The highest BCUT2D eigenvalue weighted by Gasteiger charge is 2.57. The summed E-state index contributed by atoms with van der Waals surface area (Å²) in [7, 11) is 1.30. The second-order valence-corrected chi connectivity index (χ2v) is 9.74. The first kappa shape index (κ1) is 25.2. The fourth-order valence-electron chi connectivity index (χ4n) is 4.39. The van der Waals surface area contributed by atoms with Crippen molar-refractivity contribution < 1.29 is 24.0 Å². The topological polar surface area (TPSA) is 181 Å². The van der Waals surface area contributed by atoms with Gasteiger partial charge in [-0.25, -0.2) is 4.98 Å². The van der Waals surface area contributed by atoms with E-state index < -0.39 is 35.1 Å². The van der Waals surface area contributed by atoms with Gasteiger partial charge < -0.3 is 25.8 Å². The monoisotopic (exact) mass is 515 g/mol. The molecule has 0 saturated heterocycles. The van der Waals surface area contributed by atoms with Gasteiger partial charge in [0.2, 0.25) is 22.6 Å². The number of carbonyl (C=O) groups excluding carboxylic acids is 5. The summed E-state index contributed by atoms with van der Waals surface area (Å²) in [4.78, 5) is 78.0. The molecule has 3 saturated carbocycles. The van der Waals surface area contributed by atoms with Gasteiger partial charge in [-0.2, -0.15) is 4.37 Å². The zero-order valence-electron chi connectivity index (χ0n) is 19.4. The van der Waals surface area contributed by atoms with Crippen LogP contribution in [-0.2, 0) is 25.7 Å². The van der Waals surface area contributed by atoms with Crippen molar-refractivity contribution in [2.45, 2.75) is 50.2 Å². The Kier molecular flexibility index (Phi) is 7.24. The van der Waals surface area contributed by atoms with E-state index in [0.717, 1.165) is 30.8 Å². The number of amides is 4. The number of pyridine rings is 1. The Balaban J connectivity index is 1.43. The van der Waals surface area contributed by atoms with E-state index in [1.165, 1.54) is 36.3 Å². The van der Waals surface area contributed by atoms with Crippen LogP contribution in [0.1, 0.15) is 41.9 Å². The molecule has 2 aromatic heterocycles. The summed E-state index contributed by atoms with van der Waals surface area (Å²) in [5.74, 6) is -2.65. The van der Waals surface area contributed by atoms with Crippen molar-refractivity contribution in [2.24, 2.45) is 5.92 Å². The molecule has 0 unspecified atom stereocenters. The summed E-state index contributed by atoms with van der Waals surface area (Å²) in [6.07, 6.45) is 5.00. The number of hydrogen-bond donors (Lipinski definition) is 4. The summed E-state index contributed by atoms with van der Waals surface area (Å²) in [5.41, 5.74) is -0.829. The van der Waals surface area contributed by atoms with Crippen LogP contribution in [0.2, 0.25) is 0 Å². The van der Waals surface area contributed by atoms with Crippen LogP contribution in [0.25, 0.3) is 0 Å². The number of ketones is 1. The Labute approximate surface area is 209 Å². The molecule has 0 radical (unpaired) electrons. The maximum Gasteiger partial charge on any atom is 0.287 e. The maximum atomic E-state index is 13.0. The predicted octanol–water partition coefficient (Wildman–Crippen LogP) is -0.799. The lowest BCUT2D eigenvalue weighted by atomic mass is 9.50. The molecule has 190 valence electrons. The quantitative estimate of drug-likeness (QED) is 0.281. The molecule has 13 nitrogen and oxygen atoms in total. The number of rotatable bonds is 11. The first-order valence-electron chi connectivity index (χ1n) is 11.3. The van der Waals surface area contributed by atoms with Crippen LogP contribution in [0.3, 0.4) is 0 Å². The third-order valence-electron chi connectivity index (χ3n) is 6.35. The van der Waals surface area contributed by atoms with E-state index in [0.29, 0.717) is 5.92 Å². The zero-order chi connectivity index (χ0) is 25.9. The zero-order valence-corrected chi connectivity index (χ0v) is 20.2. The van der Waals surface area contributed by atoms with Crippen molar-refractivity contribution in [3.05, 3.63) is 40.0 Å². The van der Waals surface area contributed by atoms with E-state index >= 15 is 0 Å². The van der Waals surface area contributed by atoms with Crippen molar-refractivity contribution in [1.29, 1.82) is 0 Å². The van der Waals surface area contributed by atoms with Gasteiger partial charge in [0, 0.05) is 25.2 Å². The molecule has 3 aliphatic rings. The van der Waals surface area contributed by atoms with Crippen molar-refractivity contribution in [3.63, 3.8) is 0 Å². The number of aromatic nitrogens is 3. The number of nitrogens with one attached hydrogen (secondary N) is 4. The van der Waals surface area contributed by atoms with Gasteiger partial charge in [0.25, 0.3) is 17.4 Å². The van der Waals surface area contributed by atoms with Crippen molar-refractivity contribution in [3.8, 4) is 0 Å². The van der Waals surface area contributed by atoms with Gasteiger partial charge in [-0.3, -0.25) is 28.8 Å². The molecule has 4 N–H and O–H groups in total. The number of Topliss-reactive ketones (excluding diaryl/α,β-unsaturated/α-hetero) is 1. The molecule has 14 heteroatoms. The van der Waals surface area contributed by atoms with Crippen molar-refractivity contribution in [2.75, 3.05) is 12.4 Å². The number of carbonyl (C=O) groups is 5. The average molecular weight is 516 g/mol. The fraction of sp³-hybridized carbons (Fsp3) is 0.455. The second kappa shape index (κ2) is 10.4. The highest BCUT2D eigenvalue weighted by Crippen LogP contribution is 2.56. The van der Waals surface area contributed by atoms with E-state index in [-0.39, 0.29) is 41.5 Å². The summed E-state index contributed by atoms with van der Waals surface area (Å²) in [6, 6.07) is 1.63. The lowest BCUT2D eigenvalue weighted by molar-refractivity contribution is -0.137. The number of hydrogen-bond acceptors (Lipinski definition) is 9. The molecule has 2 heterocycles. The van der Waals surface area contributed by atoms with Gasteiger partial charge in [-0.05, 0) is 55.3 Å². The van der Waals surface area contributed by atoms with Crippen molar-refractivity contribution >= 4 is 46.6 Å². The molecule has 1 atom stereocenters. The van der Waals surface area contributed by atoms with Crippen LogP contribution in [-0.4, -0.2) is 62.0 Å². The van der Waals surface area contributed by atoms with E-state index in [2.05, 4.69) is 30.6 Å². The minimum absolute atomic E-state index is 0.00206. The Hall–Kier alpha value is -3.94. The molecule has 36 heavy (non-hydrogen) atoms. The smallest absolute Gasteiger partial charge is 0.287 e. The molecule has 0 aromatic carbocycles. The Morgan fingerprint density at radius 1 is 1.22 bits per heavy atom. The number of nitrogens with zero attached hydrogens (tertiary/aromatic N) is 3. The summed E-state index contributed by atoms with van der Waals surface area (Å²) in [5, 5.41) is 10.1. The minimum atomic E-state index is -1.25. The molecular formula is C22H25N7O6S. The molecule has 5 rings (SSSR count). The third kappa shape index (κ3) is 5.48. The molecule has 0 aliphatic heterocycles. The Bertz CT molecular complexity index is 1240. The van der Waals surface area contributed by atoms with Gasteiger partial charge in [0.15, 0.2) is 0 Å². The second-order valence-electron chi connectivity index (χ2n) is 8.96. The van der Waals surface area contributed by atoms with Crippen molar-refractivity contribution in [1.82, 2.24) is 29.9 Å². The Morgan fingerprint density at radius 2 is 1.97 bits per heavy atom. The lowest BCUT2D eigenvalue weighted by Crippen LogP contribution is -2.68. The van der Waals surface area contributed by atoms with E-state index in [4.69, 9.17) is 0 Å². The first-order valence-corrected chi connectivity index (χ1v) is 12.1. The molecule has 3 fully saturated rings.